The summed E-state index contributed by atoms with van der Waals surface area (Å²) in [6, 6.07) is 13.0. The number of rotatable bonds is 12. The minimum absolute atomic E-state index is 0.00142. The van der Waals surface area contributed by atoms with Gasteiger partial charge in [-0.2, -0.15) is 0 Å². The lowest BCUT2D eigenvalue weighted by Gasteiger charge is -2.19. The molecule has 0 amide bonds. The van der Waals surface area contributed by atoms with Gasteiger partial charge in [-0.25, -0.2) is 9.78 Å². The van der Waals surface area contributed by atoms with Crippen molar-refractivity contribution in [1.82, 2.24) is 15.3 Å². The van der Waals surface area contributed by atoms with Crippen LogP contribution in [0, 0.1) is 0 Å². The number of hydrogen-bond acceptors (Lipinski definition) is 8. The molecule has 0 spiro atoms. The number of ether oxygens (including phenoxy) is 4. The van der Waals surface area contributed by atoms with Gasteiger partial charge in [-0.3, -0.25) is 0 Å². The van der Waals surface area contributed by atoms with Crippen molar-refractivity contribution in [3.63, 3.8) is 0 Å². The number of H-pyrrole nitrogens is 1. The summed E-state index contributed by atoms with van der Waals surface area (Å²) >= 11 is 0. The summed E-state index contributed by atoms with van der Waals surface area (Å²) in [6.07, 6.45) is 0.754. The summed E-state index contributed by atoms with van der Waals surface area (Å²) in [4.78, 5) is 18.9. The van der Waals surface area contributed by atoms with Gasteiger partial charge in [-0.05, 0) is 55.8 Å². The maximum Gasteiger partial charge on any atom is 0.356 e. The third kappa shape index (κ3) is 6.49. The first-order chi connectivity index (χ1) is 16.4. The minimum Gasteiger partial charge on any atom is -0.493 e. The molecule has 0 aliphatic carbocycles. The number of carbonyl (C=O) groups excluding carboxylic acids is 1. The third-order valence-electron chi connectivity index (χ3n) is 5.21. The van der Waals surface area contributed by atoms with Crippen molar-refractivity contribution in [3.05, 3.63) is 59.9 Å². The van der Waals surface area contributed by atoms with Crippen molar-refractivity contribution in [3.8, 4) is 28.6 Å². The number of methoxy groups -OCH3 is 2. The Kier molecular flexibility index (Phi) is 8.89. The van der Waals surface area contributed by atoms with Gasteiger partial charge in [0.1, 0.15) is 30.0 Å². The van der Waals surface area contributed by atoms with Crippen LogP contribution < -0.4 is 19.5 Å². The molecular formula is C25H31N3O6. The molecule has 0 aliphatic rings. The van der Waals surface area contributed by atoms with Crippen LogP contribution in [-0.4, -0.2) is 61.1 Å². The number of esters is 1. The molecule has 0 saturated carbocycles. The largest absolute Gasteiger partial charge is 0.493 e. The maximum absolute atomic E-state index is 11.8. The lowest BCUT2D eigenvalue weighted by molar-refractivity contribution is 0.0520. The highest BCUT2D eigenvalue weighted by molar-refractivity contribution is 5.87. The minimum atomic E-state index is -0.695. The van der Waals surface area contributed by atoms with Crippen LogP contribution in [0.3, 0.4) is 0 Å². The van der Waals surface area contributed by atoms with E-state index < -0.39 is 12.1 Å². The third-order valence-corrected chi connectivity index (χ3v) is 5.21. The van der Waals surface area contributed by atoms with Crippen LogP contribution in [0.15, 0.2) is 48.7 Å². The molecular weight excluding hydrogens is 438 g/mol. The smallest absolute Gasteiger partial charge is 0.356 e. The van der Waals surface area contributed by atoms with E-state index in [9.17, 15) is 9.90 Å². The standard InChI is InChI=1S/C25H31N3O6/c1-5-33-25(30)21-14-27-24(28-21)17-6-9-20(10-7-17)34-15-19(29)13-26-16(2)18-8-11-22(31-3)23(12-18)32-4/h6-12,14,16,19,26,29H,5,13,15H2,1-4H3,(H,27,28). The number of nitrogens with one attached hydrogen (secondary N) is 2. The van der Waals surface area contributed by atoms with E-state index >= 15 is 0 Å². The number of imidazole rings is 1. The number of nitrogens with zero attached hydrogens (tertiary/aromatic N) is 1. The zero-order valence-corrected chi connectivity index (χ0v) is 19.8. The van der Waals surface area contributed by atoms with Crippen LogP contribution in [0.1, 0.15) is 35.9 Å². The zero-order valence-electron chi connectivity index (χ0n) is 19.8. The molecule has 34 heavy (non-hydrogen) atoms. The predicted molar refractivity (Wildman–Crippen MR) is 127 cm³/mol. The fourth-order valence-corrected chi connectivity index (χ4v) is 3.29. The molecule has 2 atom stereocenters. The Bertz CT molecular complexity index is 1070. The Morgan fingerprint density at radius 2 is 1.85 bits per heavy atom. The number of aliphatic hydroxyl groups is 1. The molecule has 9 heteroatoms. The van der Waals surface area contributed by atoms with E-state index in [2.05, 4.69) is 15.3 Å². The first-order valence-corrected chi connectivity index (χ1v) is 11.0. The Morgan fingerprint density at radius 3 is 2.53 bits per heavy atom. The van der Waals surface area contributed by atoms with Crippen LogP contribution in [0.2, 0.25) is 0 Å². The highest BCUT2D eigenvalue weighted by Crippen LogP contribution is 2.29. The first-order valence-electron chi connectivity index (χ1n) is 11.0. The second kappa shape index (κ2) is 12.1. The molecule has 0 saturated heterocycles. The molecule has 9 nitrogen and oxygen atoms in total. The van der Waals surface area contributed by atoms with E-state index in [1.165, 1.54) is 6.20 Å². The number of aromatic nitrogens is 2. The molecule has 0 bridgehead atoms. The van der Waals surface area contributed by atoms with Crippen LogP contribution in [0.4, 0.5) is 0 Å². The highest BCUT2D eigenvalue weighted by atomic mass is 16.5. The summed E-state index contributed by atoms with van der Waals surface area (Å²) in [7, 11) is 3.20. The van der Waals surface area contributed by atoms with Crippen molar-refractivity contribution in [1.29, 1.82) is 0 Å². The van der Waals surface area contributed by atoms with Crippen LogP contribution >= 0.6 is 0 Å². The fourth-order valence-electron chi connectivity index (χ4n) is 3.29. The van der Waals surface area contributed by atoms with E-state index in [-0.39, 0.29) is 12.6 Å². The van der Waals surface area contributed by atoms with Gasteiger partial charge in [0.05, 0.1) is 27.0 Å². The summed E-state index contributed by atoms with van der Waals surface area (Å²) in [6.45, 7) is 4.56. The molecule has 182 valence electrons. The lowest BCUT2D eigenvalue weighted by Crippen LogP contribution is -2.33. The van der Waals surface area contributed by atoms with Crippen molar-refractivity contribution in [2.45, 2.75) is 26.0 Å². The van der Waals surface area contributed by atoms with Crippen LogP contribution in [0.25, 0.3) is 11.4 Å². The Morgan fingerprint density at radius 1 is 1.12 bits per heavy atom. The van der Waals surface area contributed by atoms with Gasteiger partial charge in [-0.1, -0.05) is 6.07 Å². The van der Waals surface area contributed by atoms with Gasteiger partial charge in [0.2, 0.25) is 0 Å². The molecule has 1 aromatic heterocycles. The van der Waals surface area contributed by atoms with Crippen molar-refractivity contribution in [2.24, 2.45) is 0 Å². The molecule has 2 unspecified atom stereocenters. The highest BCUT2D eigenvalue weighted by Gasteiger charge is 2.14. The summed E-state index contributed by atoms with van der Waals surface area (Å²) in [5.74, 6) is 2.07. The zero-order chi connectivity index (χ0) is 24.5. The fraction of sp³-hybridized carbons (Fsp3) is 0.360. The summed E-state index contributed by atoms with van der Waals surface area (Å²) in [5.41, 5.74) is 2.12. The Labute approximate surface area is 199 Å². The van der Waals surface area contributed by atoms with E-state index in [0.717, 1.165) is 11.1 Å². The number of benzene rings is 2. The van der Waals surface area contributed by atoms with Gasteiger partial charge in [0, 0.05) is 18.2 Å². The molecule has 0 fully saturated rings. The Hall–Kier alpha value is -3.56. The second-order valence-electron chi connectivity index (χ2n) is 7.60. The van der Waals surface area contributed by atoms with E-state index in [1.807, 2.05) is 37.3 Å². The molecule has 3 N–H and O–H groups in total. The quantitative estimate of drug-likeness (QED) is 0.346. The number of carbonyl (C=O) groups is 1. The summed E-state index contributed by atoms with van der Waals surface area (Å²) in [5, 5.41) is 13.6. The van der Waals surface area contributed by atoms with E-state index in [0.29, 0.717) is 41.9 Å². The van der Waals surface area contributed by atoms with E-state index in [1.54, 1.807) is 33.3 Å². The molecule has 2 aromatic carbocycles. The number of hydrogen-bond donors (Lipinski definition) is 3. The van der Waals surface area contributed by atoms with Crippen LogP contribution in [-0.2, 0) is 4.74 Å². The molecule has 1 heterocycles. The average Bonchev–Trinajstić information content (AvgIpc) is 3.36. The molecule has 0 aliphatic heterocycles. The van der Waals surface area contributed by atoms with Gasteiger partial charge < -0.3 is 34.4 Å². The molecule has 0 radical (unpaired) electrons. The number of aliphatic hydroxyl groups excluding tert-OH is 1. The van der Waals surface area contributed by atoms with Crippen molar-refractivity contribution >= 4 is 5.97 Å². The SMILES string of the molecule is CCOC(=O)c1cnc(-c2ccc(OCC(O)CNC(C)c3ccc(OC)c(OC)c3)cc2)[nH]1. The van der Waals surface area contributed by atoms with Gasteiger partial charge in [0.15, 0.2) is 11.5 Å². The van der Waals surface area contributed by atoms with Gasteiger partial charge in [-0.15, -0.1) is 0 Å². The van der Waals surface area contributed by atoms with Gasteiger partial charge >= 0.3 is 5.97 Å². The normalized spacial score (nSPS) is 12.6. The average molecular weight is 470 g/mol. The monoisotopic (exact) mass is 469 g/mol. The van der Waals surface area contributed by atoms with Crippen LogP contribution in [0.5, 0.6) is 17.2 Å². The predicted octanol–water partition coefficient (Wildman–Crippen LogP) is 3.36. The Balaban J connectivity index is 1.48. The topological polar surface area (TPSA) is 115 Å². The molecule has 3 rings (SSSR count). The summed E-state index contributed by atoms with van der Waals surface area (Å²) < 4.78 is 21.3. The molecule has 3 aromatic rings. The van der Waals surface area contributed by atoms with Crippen molar-refractivity contribution < 1.29 is 28.8 Å². The number of aromatic amines is 1. The maximum atomic E-state index is 11.8. The second-order valence-corrected chi connectivity index (χ2v) is 7.60. The van der Waals surface area contributed by atoms with Crippen molar-refractivity contribution in [2.75, 3.05) is 34.0 Å². The van der Waals surface area contributed by atoms with E-state index in [4.69, 9.17) is 18.9 Å². The van der Waals surface area contributed by atoms with Gasteiger partial charge in [0.25, 0.3) is 0 Å². The lowest BCUT2D eigenvalue weighted by atomic mass is 10.1. The first kappa shape index (κ1) is 25.1.